The van der Waals surface area contributed by atoms with Gasteiger partial charge in [-0.05, 0) is 31.4 Å². The highest BCUT2D eigenvalue weighted by atomic mass is 19.4. The van der Waals surface area contributed by atoms with E-state index in [1.807, 2.05) is 0 Å². The zero-order valence-corrected chi connectivity index (χ0v) is 12.5. The largest absolute Gasteiger partial charge is 0.416 e. The van der Waals surface area contributed by atoms with Crippen molar-refractivity contribution < 1.29 is 13.2 Å². The SMILES string of the molecule is Nc1c(-c2ccc(C(F)(F)F)cc2)ncnc1N1CCCCC1. The molecule has 1 aliphatic rings. The molecule has 0 atom stereocenters. The Hall–Kier alpha value is -2.31. The van der Waals surface area contributed by atoms with Gasteiger partial charge in [-0.1, -0.05) is 12.1 Å². The molecule has 1 aromatic carbocycles. The van der Waals surface area contributed by atoms with Crippen LogP contribution >= 0.6 is 0 Å². The molecule has 2 N–H and O–H groups in total. The van der Waals surface area contributed by atoms with E-state index in [4.69, 9.17) is 5.73 Å². The number of benzene rings is 1. The van der Waals surface area contributed by atoms with Crippen LogP contribution in [0.1, 0.15) is 24.8 Å². The molecule has 3 rings (SSSR count). The number of rotatable bonds is 2. The fourth-order valence-electron chi connectivity index (χ4n) is 2.79. The number of aromatic nitrogens is 2. The fraction of sp³-hybridized carbons (Fsp3) is 0.375. The molecule has 0 amide bonds. The van der Waals surface area contributed by atoms with Gasteiger partial charge < -0.3 is 10.6 Å². The smallest absolute Gasteiger partial charge is 0.394 e. The molecular weight excluding hydrogens is 305 g/mol. The average Bonchev–Trinajstić information content (AvgIpc) is 2.55. The van der Waals surface area contributed by atoms with Gasteiger partial charge in [0.05, 0.1) is 11.3 Å². The molecule has 122 valence electrons. The zero-order chi connectivity index (χ0) is 16.4. The second-order valence-electron chi connectivity index (χ2n) is 5.58. The minimum Gasteiger partial charge on any atom is -0.394 e. The Kier molecular flexibility index (Phi) is 4.11. The van der Waals surface area contributed by atoms with Crippen molar-refractivity contribution in [1.29, 1.82) is 0 Å². The van der Waals surface area contributed by atoms with Crippen molar-refractivity contribution in [1.82, 2.24) is 9.97 Å². The van der Waals surface area contributed by atoms with E-state index in [0.29, 0.717) is 22.8 Å². The van der Waals surface area contributed by atoms with E-state index in [1.165, 1.54) is 24.9 Å². The summed E-state index contributed by atoms with van der Waals surface area (Å²) >= 11 is 0. The summed E-state index contributed by atoms with van der Waals surface area (Å²) in [7, 11) is 0. The Balaban J connectivity index is 1.94. The topological polar surface area (TPSA) is 55.0 Å². The van der Waals surface area contributed by atoms with E-state index in [9.17, 15) is 13.2 Å². The van der Waals surface area contributed by atoms with Crippen LogP contribution in [0.5, 0.6) is 0 Å². The maximum atomic E-state index is 12.7. The third kappa shape index (κ3) is 3.23. The van der Waals surface area contributed by atoms with E-state index in [0.717, 1.165) is 38.1 Å². The zero-order valence-electron chi connectivity index (χ0n) is 12.5. The molecule has 23 heavy (non-hydrogen) atoms. The van der Waals surface area contributed by atoms with Crippen LogP contribution in [0.2, 0.25) is 0 Å². The number of hydrogen-bond donors (Lipinski definition) is 1. The van der Waals surface area contributed by atoms with Gasteiger partial charge in [-0.25, -0.2) is 9.97 Å². The second kappa shape index (κ2) is 6.06. The first-order chi connectivity index (χ1) is 11.0. The van der Waals surface area contributed by atoms with Crippen LogP contribution in [0, 0.1) is 0 Å². The highest BCUT2D eigenvalue weighted by molar-refractivity contribution is 5.80. The van der Waals surface area contributed by atoms with E-state index >= 15 is 0 Å². The van der Waals surface area contributed by atoms with Gasteiger partial charge in [0, 0.05) is 18.7 Å². The summed E-state index contributed by atoms with van der Waals surface area (Å²) in [5.74, 6) is 0.662. The van der Waals surface area contributed by atoms with E-state index in [1.54, 1.807) is 0 Å². The molecular formula is C16H17F3N4. The molecule has 1 aromatic heterocycles. The first-order valence-electron chi connectivity index (χ1n) is 7.50. The predicted molar refractivity (Wildman–Crippen MR) is 82.9 cm³/mol. The van der Waals surface area contributed by atoms with Crippen molar-refractivity contribution in [3.05, 3.63) is 36.2 Å². The summed E-state index contributed by atoms with van der Waals surface area (Å²) in [6.45, 7) is 1.77. The van der Waals surface area contributed by atoms with Crippen LogP contribution in [-0.2, 0) is 6.18 Å². The van der Waals surface area contributed by atoms with Gasteiger partial charge >= 0.3 is 6.18 Å². The molecule has 0 radical (unpaired) electrons. The van der Waals surface area contributed by atoms with Crippen molar-refractivity contribution in [2.45, 2.75) is 25.4 Å². The molecule has 4 nitrogen and oxygen atoms in total. The number of alkyl halides is 3. The fourth-order valence-corrected chi connectivity index (χ4v) is 2.79. The van der Waals surface area contributed by atoms with Gasteiger partial charge in [0.15, 0.2) is 5.82 Å². The van der Waals surface area contributed by atoms with Gasteiger partial charge in [-0.15, -0.1) is 0 Å². The highest BCUT2D eigenvalue weighted by Gasteiger charge is 2.30. The quantitative estimate of drug-likeness (QED) is 0.915. The van der Waals surface area contributed by atoms with Gasteiger partial charge in [-0.3, -0.25) is 0 Å². The summed E-state index contributed by atoms with van der Waals surface area (Å²) in [4.78, 5) is 10.5. The average molecular weight is 322 g/mol. The van der Waals surface area contributed by atoms with Gasteiger partial charge in [0.1, 0.15) is 12.0 Å². The Morgan fingerprint density at radius 2 is 1.61 bits per heavy atom. The molecule has 0 aliphatic carbocycles. The van der Waals surface area contributed by atoms with Gasteiger partial charge in [0.2, 0.25) is 0 Å². The van der Waals surface area contributed by atoms with Crippen LogP contribution in [0.15, 0.2) is 30.6 Å². The molecule has 7 heteroatoms. The molecule has 1 fully saturated rings. The van der Waals surface area contributed by atoms with Crippen molar-refractivity contribution in [2.75, 3.05) is 23.7 Å². The third-order valence-electron chi connectivity index (χ3n) is 4.00. The van der Waals surface area contributed by atoms with E-state index in [2.05, 4.69) is 14.9 Å². The van der Waals surface area contributed by atoms with Crippen LogP contribution in [-0.4, -0.2) is 23.1 Å². The minimum atomic E-state index is -4.35. The molecule has 1 saturated heterocycles. The Morgan fingerprint density at radius 1 is 0.957 bits per heavy atom. The molecule has 2 heterocycles. The predicted octanol–water partition coefficient (Wildman–Crippen LogP) is 3.73. The van der Waals surface area contributed by atoms with Crippen LogP contribution in [0.4, 0.5) is 24.7 Å². The second-order valence-corrected chi connectivity index (χ2v) is 5.58. The Labute approximate surface area is 132 Å². The lowest BCUT2D eigenvalue weighted by atomic mass is 10.1. The molecule has 0 bridgehead atoms. The first kappa shape index (κ1) is 15.6. The lowest BCUT2D eigenvalue weighted by Gasteiger charge is -2.28. The lowest BCUT2D eigenvalue weighted by Crippen LogP contribution is -2.31. The number of hydrogen-bond acceptors (Lipinski definition) is 4. The summed E-state index contributed by atoms with van der Waals surface area (Å²) in [6.07, 6.45) is 0.410. The van der Waals surface area contributed by atoms with Crippen molar-refractivity contribution in [3.63, 3.8) is 0 Å². The highest BCUT2D eigenvalue weighted by Crippen LogP contribution is 2.34. The van der Waals surface area contributed by atoms with Crippen molar-refractivity contribution in [2.24, 2.45) is 0 Å². The maximum absolute atomic E-state index is 12.7. The standard InChI is InChI=1S/C16H17F3N4/c17-16(18,19)12-6-4-11(5-7-12)14-13(20)15(22-10-21-14)23-8-2-1-3-9-23/h4-7,10H,1-3,8-9,20H2. The molecule has 0 spiro atoms. The Bertz CT molecular complexity index is 677. The number of halogens is 3. The number of nitrogen functional groups attached to an aromatic ring is 1. The number of anilines is 2. The van der Waals surface area contributed by atoms with E-state index in [-0.39, 0.29) is 0 Å². The van der Waals surface area contributed by atoms with E-state index < -0.39 is 11.7 Å². The van der Waals surface area contributed by atoms with Gasteiger partial charge in [-0.2, -0.15) is 13.2 Å². The lowest BCUT2D eigenvalue weighted by molar-refractivity contribution is -0.137. The van der Waals surface area contributed by atoms with Crippen LogP contribution in [0.3, 0.4) is 0 Å². The third-order valence-corrected chi connectivity index (χ3v) is 4.00. The monoisotopic (exact) mass is 322 g/mol. The normalized spacial score (nSPS) is 15.7. The summed E-state index contributed by atoms with van der Waals surface area (Å²) in [6, 6.07) is 4.86. The molecule has 2 aromatic rings. The number of nitrogens with zero attached hydrogens (tertiary/aromatic N) is 3. The van der Waals surface area contributed by atoms with Crippen molar-refractivity contribution >= 4 is 11.5 Å². The number of nitrogens with two attached hydrogens (primary N) is 1. The maximum Gasteiger partial charge on any atom is 0.416 e. The molecule has 0 unspecified atom stereocenters. The Morgan fingerprint density at radius 3 is 2.22 bits per heavy atom. The van der Waals surface area contributed by atoms with Crippen LogP contribution < -0.4 is 10.6 Å². The van der Waals surface area contributed by atoms with Crippen LogP contribution in [0.25, 0.3) is 11.3 Å². The number of piperidine rings is 1. The van der Waals surface area contributed by atoms with Gasteiger partial charge in [0.25, 0.3) is 0 Å². The minimum absolute atomic E-state index is 0.411. The molecule has 0 saturated carbocycles. The molecule has 1 aliphatic heterocycles. The first-order valence-corrected chi connectivity index (χ1v) is 7.50. The van der Waals surface area contributed by atoms with Crippen molar-refractivity contribution in [3.8, 4) is 11.3 Å². The summed E-state index contributed by atoms with van der Waals surface area (Å²) in [5.41, 5.74) is 6.92. The summed E-state index contributed by atoms with van der Waals surface area (Å²) in [5, 5.41) is 0. The summed E-state index contributed by atoms with van der Waals surface area (Å²) < 4.78 is 38.0.